The van der Waals surface area contributed by atoms with Crippen LogP contribution in [0.2, 0.25) is 0 Å². The highest BCUT2D eigenvalue weighted by Gasteiger charge is 2.11. The zero-order valence-corrected chi connectivity index (χ0v) is 9.64. The van der Waals surface area contributed by atoms with Crippen LogP contribution in [-0.2, 0) is 4.79 Å². The Kier molecular flexibility index (Phi) is 4.03. The van der Waals surface area contributed by atoms with Crippen molar-refractivity contribution in [2.24, 2.45) is 0 Å². The van der Waals surface area contributed by atoms with Crippen LogP contribution in [0.15, 0.2) is 18.2 Å². The Hall–Kier alpha value is -2.11. The van der Waals surface area contributed by atoms with Gasteiger partial charge in [0, 0.05) is 23.9 Å². The highest BCUT2D eigenvalue weighted by molar-refractivity contribution is 5.68. The van der Waals surface area contributed by atoms with E-state index in [-0.39, 0.29) is 18.2 Å². The summed E-state index contributed by atoms with van der Waals surface area (Å²) in [5, 5.41) is 22.2. The number of aryl methyl sites for hydroxylation is 1. The third-order valence-electron chi connectivity index (χ3n) is 2.17. The molecular weight excluding hydrogens is 224 g/mol. The molecule has 1 unspecified atom stereocenters. The lowest BCUT2D eigenvalue weighted by molar-refractivity contribution is -0.384. The largest absolute Gasteiger partial charge is 0.481 e. The van der Waals surface area contributed by atoms with Gasteiger partial charge in [0.05, 0.1) is 11.3 Å². The Labute approximate surface area is 98.4 Å². The molecule has 0 aliphatic heterocycles. The summed E-state index contributed by atoms with van der Waals surface area (Å²) in [4.78, 5) is 20.7. The zero-order chi connectivity index (χ0) is 13.0. The van der Waals surface area contributed by atoms with Crippen LogP contribution in [-0.4, -0.2) is 22.0 Å². The van der Waals surface area contributed by atoms with Crippen molar-refractivity contribution in [2.75, 3.05) is 5.32 Å². The first kappa shape index (κ1) is 13.0. The maximum absolute atomic E-state index is 10.7. The van der Waals surface area contributed by atoms with E-state index in [0.29, 0.717) is 5.69 Å². The monoisotopic (exact) mass is 238 g/mol. The van der Waals surface area contributed by atoms with Crippen molar-refractivity contribution in [3.63, 3.8) is 0 Å². The Morgan fingerprint density at radius 1 is 1.53 bits per heavy atom. The van der Waals surface area contributed by atoms with Gasteiger partial charge in [-0.3, -0.25) is 14.9 Å². The number of benzene rings is 1. The highest BCUT2D eigenvalue weighted by atomic mass is 16.6. The van der Waals surface area contributed by atoms with E-state index in [0.717, 1.165) is 5.56 Å². The minimum Gasteiger partial charge on any atom is -0.481 e. The molecule has 6 heteroatoms. The average molecular weight is 238 g/mol. The third kappa shape index (κ3) is 4.10. The maximum Gasteiger partial charge on any atom is 0.305 e. The van der Waals surface area contributed by atoms with Gasteiger partial charge in [-0.1, -0.05) is 0 Å². The van der Waals surface area contributed by atoms with Crippen molar-refractivity contribution in [2.45, 2.75) is 26.3 Å². The molecule has 0 amide bonds. The number of aliphatic carboxylic acids is 1. The molecule has 0 radical (unpaired) electrons. The predicted molar refractivity (Wildman–Crippen MR) is 63.2 cm³/mol. The summed E-state index contributed by atoms with van der Waals surface area (Å²) in [6.07, 6.45) is -0.0399. The average Bonchev–Trinajstić information content (AvgIpc) is 2.14. The van der Waals surface area contributed by atoms with Crippen LogP contribution in [0.1, 0.15) is 18.9 Å². The molecule has 0 heterocycles. The summed E-state index contributed by atoms with van der Waals surface area (Å²) in [5.41, 5.74) is 1.31. The molecule has 0 saturated carbocycles. The van der Waals surface area contributed by atoms with Crippen molar-refractivity contribution >= 4 is 17.3 Å². The Morgan fingerprint density at radius 3 is 2.71 bits per heavy atom. The fraction of sp³-hybridized carbons (Fsp3) is 0.364. The molecule has 0 aliphatic rings. The summed E-state index contributed by atoms with van der Waals surface area (Å²) in [5.74, 6) is -0.910. The number of nitrogens with zero attached hydrogens (tertiary/aromatic N) is 1. The molecule has 0 bridgehead atoms. The summed E-state index contributed by atoms with van der Waals surface area (Å²) in [7, 11) is 0. The number of rotatable bonds is 5. The first-order valence-electron chi connectivity index (χ1n) is 5.13. The number of non-ortho nitro benzene ring substituents is 1. The second-order valence-corrected chi connectivity index (χ2v) is 3.96. The van der Waals surface area contributed by atoms with Crippen molar-refractivity contribution in [1.29, 1.82) is 0 Å². The molecule has 0 aromatic heterocycles. The Morgan fingerprint density at radius 2 is 2.18 bits per heavy atom. The van der Waals surface area contributed by atoms with E-state index in [1.54, 1.807) is 19.9 Å². The lowest BCUT2D eigenvalue weighted by atomic mass is 10.1. The molecule has 0 spiro atoms. The number of carboxylic acid groups (broad SMARTS) is 1. The first-order chi connectivity index (χ1) is 7.88. The van der Waals surface area contributed by atoms with E-state index >= 15 is 0 Å². The normalized spacial score (nSPS) is 11.9. The van der Waals surface area contributed by atoms with Gasteiger partial charge in [-0.15, -0.1) is 0 Å². The van der Waals surface area contributed by atoms with Gasteiger partial charge >= 0.3 is 5.97 Å². The molecule has 1 rings (SSSR count). The van der Waals surface area contributed by atoms with Crippen LogP contribution < -0.4 is 5.32 Å². The number of nitro groups is 1. The van der Waals surface area contributed by atoms with Gasteiger partial charge < -0.3 is 10.4 Å². The smallest absolute Gasteiger partial charge is 0.305 e. The van der Waals surface area contributed by atoms with E-state index in [1.165, 1.54) is 12.1 Å². The van der Waals surface area contributed by atoms with E-state index in [4.69, 9.17) is 5.11 Å². The first-order valence-corrected chi connectivity index (χ1v) is 5.13. The van der Waals surface area contributed by atoms with Crippen LogP contribution in [0.4, 0.5) is 11.4 Å². The number of carboxylic acids is 1. The SMILES string of the molecule is Cc1cc(NC(C)CC(=O)O)cc([N+](=O)[O-])c1. The topological polar surface area (TPSA) is 92.5 Å². The van der Waals surface area contributed by atoms with E-state index in [2.05, 4.69) is 5.32 Å². The quantitative estimate of drug-likeness (QED) is 0.605. The lowest BCUT2D eigenvalue weighted by Crippen LogP contribution is -2.19. The zero-order valence-electron chi connectivity index (χ0n) is 9.64. The summed E-state index contributed by atoms with van der Waals surface area (Å²) in [6.45, 7) is 3.46. The molecule has 2 N–H and O–H groups in total. The van der Waals surface area contributed by atoms with Gasteiger partial charge in [-0.25, -0.2) is 0 Å². The van der Waals surface area contributed by atoms with Gasteiger partial charge in [-0.2, -0.15) is 0 Å². The Balaban J connectivity index is 2.84. The number of carbonyl (C=O) groups is 1. The van der Waals surface area contributed by atoms with Gasteiger partial charge in [0.15, 0.2) is 0 Å². The van der Waals surface area contributed by atoms with Gasteiger partial charge in [-0.05, 0) is 25.5 Å². The summed E-state index contributed by atoms with van der Waals surface area (Å²) >= 11 is 0. The summed E-state index contributed by atoms with van der Waals surface area (Å²) in [6, 6.07) is 4.32. The van der Waals surface area contributed by atoms with Crippen molar-refractivity contribution < 1.29 is 14.8 Å². The molecule has 17 heavy (non-hydrogen) atoms. The highest BCUT2D eigenvalue weighted by Crippen LogP contribution is 2.21. The van der Waals surface area contributed by atoms with Crippen LogP contribution >= 0.6 is 0 Å². The minimum absolute atomic E-state index is 0.00461. The number of hydrogen-bond donors (Lipinski definition) is 2. The van der Waals surface area contributed by atoms with E-state index in [9.17, 15) is 14.9 Å². The third-order valence-corrected chi connectivity index (χ3v) is 2.17. The second kappa shape index (κ2) is 5.29. The number of hydrogen-bond acceptors (Lipinski definition) is 4. The standard InChI is InChI=1S/C11H14N2O4/c1-7-3-9(6-10(4-7)13(16)17)12-8(2)5-11(14)15/h3-4,6,8,12H,5H2,1-2H3,(H,14,15). The molecule has 1 aromatic carbocycles. The van der Waals surface area contributed by atoms with Gasteiger partial charge in [0.25, 0.3) is 5.69 Å². The van der Waals surface area contributed by atoms with Crippen LogP contribution in [0.3, 0.4) is 0 Å². The van der Waals surface area contributed by atoms with Crippen LogP contribution in [0.25, 0.3) is 0 Å². The number of nitrogens with one attached hydrogen (secondary N) is 1. The Bertz CT molecular complexity index is 445. The van der Waals surface area contributed by atoms with Gasteiger partial charge in [0.1, 0.15) is 0 Å². The molecular formula is C11H14N2O4. The van der Waals surface area contributed by atoms with Crippen molar-refractivity contribution in [1.82, 2.24) is 0 Å². The lowest BCUT2D eigenvalue weighted by Gasteiger charge is -2.13. The summed E-state index contributed by atoms with van der Waals surface area (Å²) < 4.78 is 0. The van der Waals surface area contributed by atoms with E-state index in [1.807, 2.05) is 0 Å². The molecule has 6 nitrogen and oxygen atoms in total. The fourth-order valence-corrected chi connectivity index (χ4v) is 1.55. The maximum atomic E-state index is 10.7. The van der Waals surface area contributed by atoms with Crippen LogP contribution in [0, 0.1) is 17.0 Å². The van der Waals surface area contributed by atoms with Crippen LogP contribution in [0.5, 0.6) is 0 Å². The van der Waals surface area contributed by atoms with Crippen molar-refractivity contribution in [3.8, 4) is 0 Å². The second-order valence-electron chi connectivity index (χ2n) is 3.96. The fourth-order valence-electron chi connectivity index (χ4n) is 1.55. The molecule has 0 saturated heterocycles. The molecule has 1 atom stereocenters. The predicted octanol–water partition coefficient (Wildman–Crippen LogP) is 2.18. The van der Waals surface area contributed by atoms with Gasteiger partial charge in [0.2, 0.25) is 0 Å². The van der Waals surface area contributed by atoms with Crippen molar-refractivity contribution in [3.05, 3.63) is 33.9 Å². The molecule has 1 aromatic rings. The number of anilines is 1. The molecule has 0 fully saturated rings. The number of nitro benzene ring substituents is 1. The molecule has 92 valence electrons. The minimum atomic E-state index is -0.910. The van der Waals surface area contributed by atoms with E-state index < -0.39 is 10.9 Å². The molecule has 0 aliphatic carbocycles.